The Kier molecular flexibility index (Phi) is 35100000. The zero-order chi connectivity index (χ0) is 0. The van der Waals surface area contributed by atoms with Crippen molar-refractivity contribution in [2.75, 3.05) is 0 Å². The van der Waals surface area contributed by atoms with Gasteiger partial charge in [-0.3, -0.25) is 0 Å². The molecule has 96 valence electrons. The fourth-order valence-corrected chi connectivity index (χ4v) is 0. The van der Waals surface area contributed by atoms with Crippen LogP contribution in [0.4, 0.5) is 0 Å². The molecule has 24 N–H and O–H groups in total. The highest BCUT2D eigenvalue weighted by molar-refractivity contribution is 3.25. The highest BCUT2D eigenvalue weighted by atomic mass is 14.0. The Balaban J connectivity index is 0. The van der Waals surface area contributed by atoms with Crippen LogP contribution in [0.3, 0.4) is 0 Å². The number of hydrogen-bond donors (Lipinski definition) is 6. The number of rotatable bonds is 0. The van der Waals surface area contributed by atoms with Gasteiger partial charge in [0, 0.05) is 0 Å². The van der Waals surface area contributed by atoms with Crippen molar-refractivity contribution in [2.45, 2.75) is 0 Å². The predicted molar refractivity (Wildman–Crippen MR) is 74.4 cm³/mol. The normalized spacial score (nSPS) is 0. The van der Waals surface area contributed by atoms with E-state index in [1.54, 1.807) is 0 Å². The zero-order valence-corrected chi connectivity index (χ0v) is 12.0. The van der Waals surface area contributed by atoms with Crippen LogP contribution in [0.1, 0.15) is 0 Å². The van der Waals surface area contributed by atoms with Crippen molar-refractivity contribution in [3.8, 4) is 0 Å². The molecule has 0 aliphatic rings. The molecule has 0 saturated heterocycles. The molecular formula is C6H42N6. The molecule has 0 fully saturated rings. The molecule has 0 aromatic heterocycles. The molecule has 0 atom stereocenters. The Morgan fingerprint density at radius 2 is 0.167 bits per heavy atom. The Morgan fingerprint density at radius 3 is 0.167 bits per heavy atom. The molecule has 0 aromatic carbocycles. The van der Waals surface area contributed by atoms with E-state index in [2.05, 4.69) is 0 Å². The standard InChI is InChI=1S/6CH3.6H3N/h12*1H3/q6*-1;;;;;;/p+6. The number of hydrogen-bond acceptors (Lipinski definition) is 0. The van der Waals surface area contributed by atoms with Gasteiger partial charge in [-0.05, 0) is 0 Å². The van der Waals surface area contributed by atoms with Gasteiger partial charge < -0.3 is 81.5 Å². The minimum Gasteiger partial charge on any atom is -0.369 e. The van der Waals surface area contributed by atoms with E-state index in [-0.39, 0.29) is 81.5 Å². The summed E-state index contributed by atoms with van der Waals surface area (Å²) in [4.78, 5) is 0. The van der Waals surface area contributed by atoms with E-state index in [0.29, 0.717) is 0 Å². The highest BCUT2D eigenvalue weighted by Gasteiger charge is -0.350. The van der Waals surface area contributed by atoms with Crippen molar-refractivity contribution in [3.63, 3.8) is 0 Å². The van der Waals surface area contributed by atoms with Crippen LogP contribution >= 0.6 is 0 Å². The monoisotopic (exact) mass is 198 g/mol. The van der Waals surface area contributed by atoms with Crippen molar-refractivity contribution in [3.05, 3.63) is 44.6 Å². The molecule has 0 radical (unpaired) electrons. The summed E-state index contributed by atoms with van der Waals surface area (Å²) in [5.74, 6) is 0. The molecule has 0 bridgehead atoms. The lowest BCUT2D eigenvalue weighted by atomic mass is 12.0. The van der Waals surface area contributed by atoms with Crippen LogP contribution in [0, 0.1) is 44.6 Å². The highest BCUT2D eigenvalue weighted by Crippen LogP contribution is 0.0864. The van der Waals surface area contributed by atoms with Crippen LogP contribution < -0.4 is 36.9 Å². The van der Waals surface area contributed by atoms with Gasteiger partial charge in [-0.25, -0.2) is 0 Å². The number of quaternary nitrogens is 6. The van der Waals surface area contributed by atoms with Gasteiger partial charge in [0.25, 0.3) is 0 Å². The van der Waals surface area contributed by atoms with E-state index in [1.165, 1.54) is 0 Å². The van der Waals surface area contributed by atoms with Gasteiger partial charge in [0.15, 0.2) is 0 Å². The van der Waals surface area contributed by atoms with Gasteiger partial charge in [0.1, 0.15) is 0 Å². The second-order valence-corrected chi connectivity index (χ2v) is 0. The first-order chi connectivity index (χ1) is 0. The largest absolute Gasteiger partial charge is 0.369 e. The van der Waals surface area contributed by atoms with E-state index in [9.17, 15) is 0 Å². The van der Waals surface area contributed by atoms with Gasteiger partial charge in [-0.2, -0.15) is 0 Å². The van der Waals surface area contributed by atoms with E-state index in [0.717, 1.165) is 0 Å². The average molecular weight is 198 g/mol. The molecule has 0 amide bonds. The van der Waals surface area contributed by atoms with Crippen molar-refractivity contribution in [2.24, 2.45) is 0 Å². The second-order valence-electron chi connectivity index (χ2n) is 0. The first kappa shape index (κ1) is 23600. The zero-order valence-electron chi connectivity index (χ0n) is 12.0. The first-order valence-corrected chi connectivity index (χ1v) is 0. The molecule has 0 spiro atoms. The molecule has 0 aromatic rings. The molecule has 0 aliphatic carbocycles. The maximum absolute atomic E-state index is 0. The lowest BCUT2D eigenvalue weighted by Gasteiger charge is -0.370. The van der Waals surface area contributed by atoms with Crippen LogP contribution in [0.15, 0.2) is 0 Å². The first-order valence-electron chi connectivity index (χ1n) is 0. The van der Waals surface area contributed by atoms with Crippen molar-refractivity contribution in [1.82, 2.24) is 36.9 Å². The van der Waals surface area contributed by atoms with E-state index in [4.69, 9.17) is 0 Å². The fraction of sp³-hybridized carbons (Fsp3) is 0. The minimum atomic E-state index is 0. The maximum atomic E-state index is 0. The average Bonchev–Trinajstić information content (AvgIpc) is 0. The Morgan fingerprint density at radius 1 is 0.167 bits per heavy atom. The van der Waals surface area contributed by atoms with Crippen LogP contribution in [0.25, 0.3) is 0 Å². The topological polar surface area (TPSA) is 219 Å². The molecule has 6 nitrogen and oxygen atoms in total. The van der Waals surface area contributed by atoms with Gasteiger partial charge in [-0.1, -0.05) is 0 Å². The Labute approximate surface area is 82.4 Å². The Hall–Kier alpha value is -0.240. The van der Waals surface area contributed by atoms with E-state index < -0.39 is 0 Å². The summed E-state index contributed by atoms with van der Waals surface area (Å²) >= 11 is 0. The van der Waals surface area contributed by atoms with Crippen molar-refractivity contribution >= 4 is 0 Å². The van der Waals surface area contributed by atoms with Crippen molar-refractivity contribution < 1.29 is 0 Å². The molecule has 12 heavy (non-hydrogen) atoms. The van der Waals surface area contributed by atoms with E-state index >= 15 is 0 Å². The lowest BCUT2D eigenvalue weighted by Crippen LogP contribution is -0.482. The lowest BCUT2D eigenvalue weighted by molar-refractivity contribution is 2.13. The van der Waals surface area contributed by atoms with Gasteiger partial charge >= 0.3 is 0 Å². The molecule has 6 heteroatoms. The van der Waals surface area contributed by atoms with Gasteiger partial charge in [0.2, 0.25) is 0 Å². The quantitative estimate of drug-likeness (QED) is 0.284. The summed E-state index contributed by atoms with van der Waals surface area (Å²) in [5.41, 5.74) is 0. The van der Waals surface area contributed by atoms with Crippen LogP contribution in [-0.4, -0.2) is 0 Å². The predicted octanol–water partition coefficient (Wildman–Crippen LogP) is 4.96. The van der Waals surface area contributed by atoms with Gasteiger partial charge in [0.05, 0.1) is 0 Å². The summed E-state index contributed by atoms with van der Waals surface area (Å²) in [6, 6.07) is 0. The van der Waals surface area contributed by atoms with Crippen LogP contribution in [0.2, 0.25) is 0 Å². The minimum absolute atomic E-state index is 0. The van der Waals surface area contributed by atoms with Gasteiger partial charge in [-0.15, -0.1) is 0 Å². The molecule has 0 saturated carbocycles. The molecule has 0 unspecified atom stereocenters. The summed E-state index contributed by atoms with van der Waals surface area (Å²) in [7, 11) is 0. The maximum Gasteiger partial charge on any atom is -0.358 e. The summed E-state index contributed by atoms with van der Waals surface area (Å²) in [6.45, 7) is 0. The van der Waals surface area contributed by atoms with Crippen molar-refractivity contribution in [1.29, 1.82) is 0 Å². The smallest absolute Gasteiger partial charge is 0.358 e. The molecule has 0 aliphatic heterocycles. The third kappa shape index (κ3) is 13000. The molecule has 0 heterocycles. The third-order valence-electron chi connectivity index (χ3n) is 0. The Bertz CT molecular complexity index is 12.0. The van der Waals surface area contributed by atoms with Crippen LogP contribution in [0.5, 0.6) is 0 Å². The SMILES string of the molecule is [CH3-].[CH3-].[CH3-].[CH3-].[CH3-].[CH3-].[NH4+].[NH4+].[NH4+].[NH4+].[NH4+].[NH4+]. The summed E-state index contributed by atoms with van der Waals surface area (Å²) < 4.78 is 0. The van der Waals surface area contributed by atoms with Crippen LogP contribution in [-0.2, 0) is 0 Å². The molecule has 0 rings (SSSR count). The summed E-state index contributed by atoms with van der Waals surface area (Å²) in [5, 5.41) is 0. The third-order valence-corrected chi connectivity index (χ3v) is 0. The fourth-order valence-electron chi connectivity index (χ4n) is 0. The molecular weight excluding hydrogens is 156 g/mol. The summed E-state index contributed by atoms with van der Waals surface area (Å²) in [6.07, 6.45) is 0. The van der Waals surface area contributed by atoms with E-state index in [1.807, 2.05) is 0 Å². The second kappa shape index (κ2) is 17800.